The molecule has 0 unspecified atom stereocenters. The molecular weight excluding hydrogens is 122 g/mol. The summed E-state index contributed by atoms with van der Waals surface area (Å²) in [5, 5.41) is 0. The van der Waals surface area contributed by atoms with E-state index in [1.165, 1.54) is 45.2 Å². The van der Waals surface area contributed by atoms with Gasteiger partial charge in [0.1, 0.15) is 0 Å². The van der Waals surface area contributed by atoms with Gasteiger partial charge in [-0.3, -0.25) is 4.90 Å². The first-order valence-corrected chi connectivity index (χ1v) is 4.47. The lowest BCUT2D eigenvalue weighted by Crippen LogP contribution is -2.23. The SMILES string of the molecule is C[CH]N1CCCCCCC1. The van der Waals surface area contributed by atoms with Crippen LogP contribution in [0.4, 0.5) is 0 Å². The van der Waals surface area contributed by atoms with Crippen molar-refractivity contribution in [3.05, 3.63) is 6.54 Å². The predicted octanol–water partition coefficient (Wildman–Crippen LogP) is 2.43. The molecule has 0 bridgehead atoms. The van der Waals surface area contributed by atoms with Gasteiger partial charge in [0.2, 0.25) is 0 Å². The van der Waals surface area contributed by atoms with Crippen molar-refractivity contribution >= 4 is 0 Å². The van der Waals surface area contributed by atoms with Gasteiger partial charge in [0.05, 0.1) is 0 Å². The summed E-state index contributed by atoms with van der Waals surface area (Å²) in [6.07, 6.45) is 7.11. The van der Waals surface area contributed by atoms with Gasteiger partial charge >= 0.3 is 0 Å². The van der Waals surface area contributed by atoms with Crippen molar-refractivity contribution in [3.8, 4) is 0 Å². The quantitative estimate of drug-likeness (QED) is 0.540. The van der Waals surface area contributed by atoms with Crippen LogP contribution in [0, 0.1) is 6.54 Å². The number of likely N-dealkylation sites (tertiary alicyclic amines) is 1. The van der Waals surface area contributed by atoms with Crippen LogP contribution in [0.3, 0.4) is 0 Å². The largest absolute Gasteiger partial charge is 0.299 e. The second-order valence-electron chi connectivity index (χ2n) is 3.06. The number of hydrogen-bond acceptors (Lipinski definition) is 1. The highest BCUT2D eigenvalue weighted by Crippen LogP contribution is 2.10. The van der Waals surface area contributed by atoms with Gasteiger partial charge in [-0.25, -0.2) is 0 Å². The van der Waals surface area contributed by atoms with Gasteiger partial charge in [-0.15, -0.1) is 0 Å². The minimum Gasteiger partial charge on any atom is -0.299 e. The van der Waals surface area contributed by atoms with Crippen LogP contribution in [0.2, 0.25) is 0 Å². The van der Waals surface area contributed by atoms with E-state index in [0.29, 0.717) is 0 Å². The van der Waals surface area contributed by atoms with E-state index in [-0.39, 0.29) is 0 Å². The Kier molecular flexibility index (Phi) is 3.81. The summed E-state index contributed by atoms with van der Waals surface area (Å²) in [5.74, 6) is 0. The van der Waals surface area contributed by atoms with Gasteiger partial charge in [0, 0.05) is 6.54 Å². The zero-order valence-corrected chi connectivity index (χ0v) is 6.97. The van der Waals surface area contributed by atoms with Crippen LogP contribution in [0.25, 0.3) is 0 Å². The zero-order valence-electron chi connectivity index (χ0n) is 6.97. The van der Waals surface area contributed by atoms with Crippen molar-refractivity contribution in [2.45, 2.75) is 39.0 Å². The first-order valence-electron chi connectivity index (χ1n) is 4.47. The van der Waals surface area contributed by atoms with Gasteiger partial charge in [-0.1, -0.05) is 19.3 Å². The van der Waals surface area contributed by atoms with E-state index in [9.17, 15) is 0 Å². The molecule has 1 nitrogen and oxygen atoms in total. The first kappa shape index (κ1) is 8.06. The lowest BCUT2D eigenvalue weighted by atomic mass is 10.1. The Morgan fingerprint density at radius 2 is 1.40 bits per heavy atom. The van der Waals surface area contributed by atoms with Crippen LogP contribution >= 0.6 is 0 Å². The third-order valence-corrected chi connectivity index (χ3v) is 2.26. The van der Waals surface area contributed by atoms with E-state index in [1.807, 2.05) is 0 Å². The summed E-state index contributed by atoms with van der Waals surface area (Å²) >= 11 is 0. The number of nitrogens with zero attached hydrogens (tertiary/aromatic N) is 1. The fourth-order valence-corrected chi connectivity index (χ4v) is 1.53. The maximum Gasteiger partial charge on any atom is 0.0220 e. The summed E-state index contributed by atoms with van der Waals surface area (Å²) in [6.45, 7) is 6.94. The molecule has 0 aliphatic carbocycles. The van der Waals surface area contributed by atoms with Crippen molar-refractivity contribution in [1.82, 2.24) is 4.90 Å². The van der Waals surface area contributed by atoms with Crippen molar-refractivity contribution in [2.24, 2.45) is 0 Å². The van der Waals surface area contributed by atoms with Gasteiger partial charge in [-0.2, -0.15) is 0 Å². The summed E-state index contributed by atoms with van der Waals surface area (Å²) in [5.41, 5.74) is 0. The fourth-order valence-electron chi connectivity index (χ4n) is 1.53. The first-order chi connectivity index (χ1) is 4.93. The highest BCUT2D eigenvalue weighted by molar-refractivity contribution is 4.66. The third kappa shape index (κ3) is 2.70. The van der Waals surface area contributed by atoms with Gasteiger partial charge in [0.15, 0.2) is 0 Å². The molecular formula is C9H18N. The summed E-state index contributed by atoms with van der Waals surface area (Å²) in [6, 6.07) is 0. The maximum absolute atomic E-state index is 2.44. The molecule has 0 saturated carbocycles. The minimum atomic E-state index is 1.29. The molecule has 0 N–H and O–H groups in total. The van der Waals surface area contributed by atoms with E-state index in [1.54, 1.807) is 0 Å². The fraction of sp³-hybridized carbons (Fsp3) is 0.889. The molecule has 0 amide bonds. The average Bonchev–Trinajstić information content (AvgIpc) is 1.87. The summed E-state index contributed by atoms with van der Waals surface area (Å²) < 4.78 is 0. The van der Waals surface area contributed by atoms with E-state index in [0.717, 1.165) is 0 Å². The molecule has 0 aromatic heterocycles. The Balaban J connectivity index is 2.16. The number of rotatable bonds is 1. The minimum absolute atomic E-state index is 1.29. The molecule has 1 fully saturated rings. The second-order valence-corrected chi connectivity index (χ2v) is 3.06. The lowest BCUT2D eigenvalue weighted by molar-refractivity contribution is 0.300. The number of hydrogen-bond donors (Lipinski definition) is 0. The Morgan fingerprint density at radius 1 is 0.900 bits per heavy atom. The van der Waals surface area contributed by atoms with E-state index in [2.05, 4.69) is 18.4 Å². The highest BCUT2D eigenvalue weighted by atomic mass is 15.1. The molecule has 59 valence electrons. The molecule has 1 aliphatic rings. The van der Waals surface area contributed by atoms with Crippen molar-refractivity contribution < 1.29 is 0 Å². The molecule has 1 heterocycles. The van der Waals surface area contributed by atoms with Gasteiger partial charge in [-0.05, 0) is 32.9 Å². The maximum atomic E-state index is 2.44. The topological polar surface area (TPSA) is 3.24 Å². The van der Waals surface area contributed by atoms with Crippen LogP contribution < -0.4 is 0 Å². The van der Waals surface area contributed by atoms with Crippen LogP contribution in [0.1, 0.15) is 39.0 Å². The van der Waals surface area contributed by atoms with Crippen LogP contribution in [-0.2, 0) is 0 Å². The van der Waals surface area contributed by atoms with E-state index < -0.39 is 0 Å². The molecule has 0 atom stereocenters. The van der Waals surface area contributed by atoms with Crippen molar-refractivity contribution in [2.75, 3.05) is 13.1 Å². The molecule has 0 spiro atoms. The molecule has 0 aromatic rings. The van der Waals surface area contributed by atoms with Gasteiger partial charge < -0.3 is 0 Å². The summed E-state index contributed by atoms with van der Waals surface area (Å²) in [4.78, 5) is 2.44. The Hall–Kier alpha value is -0.0400. The predicted molar refractivity (Wildman–Crippen MR) is 44.6 cm³/mol. The third-order valence-electron chi connectivity index (χ3n) is 2.26. The Labute approximate surface area is 64.4 Å². The standard InChI is InChI=1S/C9H18N/c1-2-10-8-6-4-3-5-7-9-10/h2H,3-9H2,1H3. The normalized spacial score (nSPS) is 23.7. The lowest BCUT2D eigenvalue weighted by Gasteiger charge is -2.21. The van der Waals surface area contributed by atoms with Crippen molar-refractivity contribution in [1.29, 1.82) is 0 Å². The highest BCUT2D eigenvalue weighted by Gasteiger charge is 2.04. The van der Waals surface area contributed by atoms with Crippen molar-refractivity contribution in [3.63, 3.8) is 0 Å². The molecule has 1 saturated heterocycles. The molecule has 0 aromatic carbocycles. The second kappa shape index (κ2) is 4.73. The van der Waals surface area contributed by atoms with Crippen LogP contribution in [-0.4, -0.2) is 18.0 Å². The van der Waals surface area contributed by atoms with E-state index >= 15 is 0 Å². The molecule has 1 radical (unpaired) electrons. The smallest absolute Gasteiger partial charge is 0.0220 e. The average molecular weight is 140 g/mol. The van der Waals surface area contributed by atoms with Gasteiger partial charge in [0.25, 0.3) is 0 Å². The molecule has 10 heavy (non-hydrogen) atoms. The van der Waals surface area contributed by atoms with Crippen LogP contribution in [0.15, 0.2) is 0 Å². The zero-order chi connectivity index (χ0) is 7.23. The molecule has 1 aliphatic heterocycles. The summed E-state index contributed by atoms with van der Waals surface area (Å²) in [7, 11) is 0. The molecule has 1 rings (SSSR count). The Morgan fingerprint density at radius 3 is 1.90 bits per heavy atom. The van der Waals surface area contributed by atoms with E-state index in [4.69, 9.17) is 0 Å². The Bertz CT molecular complexity index is 72.8. The molecule has 1 heteroatoms. The van der Waals surface area contributed by atoms with Crippen LogP contribution in [0.5, 0.6) is 0 Å². The monoisotopic (exact) mass is 140 g/mol.